The lowest BCUT2D eigenvalue weighted by atomic mass is 9.86. The number of anilines is 2. The van der Waals surface area contributed by atoms with Crippen LogP contribution < -0.4 is 15.4 Å². The zero-order valence-electron chi connectivity index (χ0n) is 22.7. The Bertz CT molecular complexity index is 1370. The van der Waals surface area contributed by atoms with Crippen LogP contribution in [0.4, 0.5) is 16.3 Å². The van der Waals surface area contributed by atoms with Crippen molar-refractivity contribution in [2.24, 2.45) is 0 Å². The molecule has 39 heavy (non-hydrogen) atoms. The molecule has 1 aliphatic rings. The first-order valence-electron chi connectivity index (χ1n) is 13.3. The maximum absolute atomic E-state index is 13.2. The Morgan fingerprint density at radius 2 is 1.87 bits per heavy atom. The van der Waals surface area contributed by atoms with Gasteiger partial charge in [0.1, 0.15) is 0 Å². The maximum Gasteiger partial charge on any atom is 0.407 e. The van der Waals surface area contributed by atoms with E-state index in [0.717, 1.165) is 47.7 Å². The van der Waals surface area contributed by atoms with Gasteiger partial charge in [-0.15, -0.1) is 16.4 Å². The van der Waals surface area contributed by atoms with Crippen molar-refractivity contribution in [1.82, 2.24) is 25.2 Å². The van der Waals surface area contributed by atoms with Crippen molar-refractivity contribution < 1.29 is 17.9 Å². The van der Waals surface area contributed by atoms with E-state index in [2.05, 4.69) is 30.5 Å². The molecular formula is C27H36N6O4S2. The summed E-state index contributed by atoms with van der Waals surface area (Å²) in [5.74, 6) is 0.803. The van der Waals surface area contributed by atoms with Crippen molar-refractivity contribution in [1.29, 1.82) is 0 Å². The summed E-state index contributed by atoms with van der Waals surface area (Å²) >= 11 is 1.52. The molecule has 1 fully saturated rings. The molecule has 0 unspecified atom stereocenters. The molecule has 4 rings (SSSR count). The summed E-state index contributed by atoms with van der Waals surface area (Å²) in [6, 6.07) is 9.06. The van der Waals surface area contributed by atoms with Gasteiger partial charge < -0.3 is 15.4 Å². The Balaban J connectivity index is 1.52. The lowest BCUT2D eigenvalue weighted by Gasteiger charge is -2.28. The number of benzene rings is 1. The van der Waals surface area contributed by atoms with E-state index in [1.165, 1.54) is 11.3 Å². The predicted molar refractivity (Wildman–Crippen MR) is 153 cm³/mol. The molecule has 0 spiro atoms. The van der Waals surface area contributed by atoms with Gasteiger partial charge in [0.2, 0.25) is 10.0 Å². The molecule has 12 heteroatoms. The van der Waals surface area contributed by atoms with Crippen LogP contribution in [0.1, 0.15) is 70.0 Å². The number of amides is 1. The Hall–Kier alpha value is -3.09. The fraction of sp³-hybridized carbons (Fsp3) is 0.481. The van der Waals surface area contributed by atoms with E-state index in [0.29, 0.717) is 17.1 Å². The second kappa shape index (κ2) is 12.8. The van der Waals surface area contributed by atoms with Crippen molar-refractivity contribution in [3.8, 4) is 10.4 Å². The Morgan fingerprint density at radius 1 is 1.10 bits per heavy atom. The third-order valence-electron chi connectivity index (χ3n) is 6.49. The van der Waals surface area contributed by atoms with Crippen molar-refractivity contribution in [3.63, 3.8) is 0 Å². The van der Waals surface area contributed by atoms with E-state index >= 15 is 0 Å². The number of rotatable bonds is 10. The van der Waals surface area contributed by atoms with Crippen LogP contribution in [0.5, 0.6) is 0 Å². The molecule has 2 heterocycles. The van der Waals surface area contributed by atoms with Gasteiger partial charge in [-0.05, 0) is 70.2 Å². The van der Waals surface area contributed by atoms with Gasteiger partial charge in [0.05, 0.1) is 26.6 Å². The molecule has 3 aromatic rings. The molecule has 0 atom stereocenters. The molecule has 0 aliphatic heterocycles. The van der Waals surface area contributed by atoms with E-state index in [-0.39, 0.29) is 35.6 Å². The van der Waals surface area contributed by atoms with Crippen LogP contribution in [-0.2, 0) is 21.2 Å². The first-order chi connectivity index (χ1) is 18.7. The molecule has 1 aromatic carbocycles. The highest BCUT2D eigenvalue weighted by Gasteiger charge is 2.27. The lowest BCUT2D eigenvalue weighted by Crippen LogP contribution is -2.38. The number of thiazole rings is 1. The van der Waals surface area contributed by atoms with Crippen LogP contribution in [0.2, 0.25) is 0 Å². The standard InChI is InChI=1S/C27H36N6O4S2/c1-5-19-12-14-25(33-32-19)30-21-11-13-22(24(15-21)39(35,36)29-6-2)23-16-28-26(38-23)18-7-9-20(10-8-18)31-27(34)37-17(3)4/h11-18,20,29H,5-10H2,1-4H3,(H,30,33)(H,31,34)/t18-,20-. The van der Waals surface area contributed by atoms with Crippen LogP contribution >= 0.6 is 11.3 Å². The quantitative estimate of drug-likeness (QED) is 0.295. The van der Waals surface area contributed by atoms with Gasteiger partial charge in [0.25, 0.3) is 0 Å². The molecule has 3 N–H and O–H groups in total. The summed E-state index contributed by atoms with van der Waals surface area (Å²) in [6.07, 6.45) is 5.49. The number of aromatic nitrogens is 3. The Kier molecular flexibility index (Phi) is 9.52. The van der Waals surface area contributed by atoms with Gasteiger partial charge in [0, 0.05) is 36.0 Å². The van der Waals surface area contributed by atoms with Crippen LogP contribution in [0.25, 0.3) is 10.4 Å². The molecule has 0 radical (unpaired) electrons. The Morgan fingerprint density at radius 3 is 2.51 bits per heavy atom. The minimum atomic E-state index is -3.76. The number of sulfonamides is 1. The first-order valence-corrected chi connectivity index (χ1v) is 15.6. The summed E-state index contributed by atoms with van der Waals surface area (Å²) in [6.45, 7) is 7.69. The predicted octanol–water partition coefficient (Wildman–Crippen LogP) is 5.37. The first kappa shape index (κ1) is 28.9. The number of carbonyl (C=O) groups is 1. The second-order valence-corrected chi connectivity index (χ2v) is 12.6. The van der Waals surface area contributed by atoms with E-state index in [9.17, 15) is 13.2 Å². The van der Waals surface area contributed by atoms with Gasteiger partial charge in [-0.25, -0.2) is 22.9 Å². The fourth-order valence-corrected chi connectivity index (χ4v) is 7.03. The summed E-state index contributed by atoms with van der Waals surface area (Å²) in [5.41, 5.74) is 2.08. The molecule has 210 valence electrons. The van der Waals surface area contributed by atoms with Crippen molar-refractivity contribution >= 4 is 39.0 Å². The van der Waals surface area contributed by atoms with Crippen LogP contribution in [0.3, 0.4) is 0 Å². The number of nitrogens with one attached hydrogen (secondary N) is 3. The molecule has 1 amide bonds. The summed E-state index contributed by atoms with van der Waals surface area (Å²) in [7, 11) is -3.76. The minimum absolute atomic E-state index is 0.0895. The molecule has 0 saturated heterocycles. The van der Waals surface area contributed by atoms with E-state index in [1.54, 1.807) is 25.3 Å². The SMILES string of the molecule is CCNS(=O)(=O)c1cc(Nc2ccc(CC)nn2)ccc1-c1cnc([C@H]2CC[C@H](NC(=O)OC(C)C)CC2)s1. The largest absolute Gasteiger partial charge is 0.447 e. The van der Waals surface area contributed by atoms with Crippen molar-refractivity contribution in [2.45, 2.75) is 82.8 Å². The maximum atomic E-state index is 13.2. The summed E-state index contributed by atoms with van der Waals surface area (Å²) in [5, 5.41) is 15.4. The average Bonchev–Trinajstić information content (AvgIpc) is 3.39. The number of aryl methyl sites for hydroxylation is 1. The van der Waals surface area contributed by atoms with Crippen LogP contribution in [0.15, 0.2) is 41.4 Å². The molecular weight excluding hydrogens is 536 g/mol. The summed E-state index contributed by atoms with van der Waals surface area (Å²) in [4.78, 5) is 17.6. The number of alkyl carbamates (subject to hydrolysis) is 1. The van der Waals surface area contributed by atoms with Crippen molar-refractivity contribution in [3.05, 3.63) is 47.2 Å². The normalized spacial score (nSPS) is 17.7. The molecule has 2 aromatic heterocycles. The fourth-order valence-electron chi connectivity index (χ4n) is 4.56. The Labute approximate surface area is 234 Å². The van der Waals surface area contributed by atoms with Gasteiger partial charge in [-0.3, -0.25) is 0 Å². The summed E-state index contributed by atoms with van der Waals surface area (Å²) < 4.78 is 34.2. The van der Waals surface area contributed by atoms with Crippen LogP contribution in [-0.4, -0.2) is 48.4 Å². The van der Waals surface area contributed by atoms with E-state index < -0.39 is 10.0 Å². The van der Waals surface area contributed by atoms with Gasteiger partial charge in [0.15, 0.2) is 5.82 Å². The highest BCUT2D eigenvalue weighted by Crippen LogP contribution is 2.40. The van der Waals surface area contributed by atoms with Gasteiger partial charge in [-0.2, -0.15) is 5.10 Å². The number of nitrogens with zero attached hydrogens (tertiary/aromatic N) is 3. The number of carbonyl (C=O) groups excluding carboxylic acids is 1. The average molecular weight is 573 g/mol. The zero-order valence-corrected chi connectivity index (χ0v) is 24.4. The zero-order chi connectivity index (χ0) is 28.0. The smallest absolute Gasteiger partial charge is 0.407 e. The van der Waals surface area contributed by atoms with Gasteiger partial charge in [-0.1, -0.05) is 19.9 Å². The third-order valence-corrected chi connectivity index (χ3v) is 9.27. The highest BCUT2D eigenvalue weighted by molar-refractivity contribution is 7.89. The molecule has 1 aliphatic carbocycles. The van der Waals surface area contributed by atoms with E-state index in [4.69, 9.17) is 4.74 Å². The topological polar surface area (TPSA) is 135 Å². The highest BCUT2D eigenvalue weighted by atomic mass is 32.2. The number of hydrogen-bond acceptors (Lipinski definition) is 9. The number of ether oxygens (including phenoxy) is 1. The number of hydrogen-bond donors (Lipinski definition) is 3. The second-order valence-electron chi connectivity index (χ2n) is 9.81. The minimum Gasteiger partial charge on any atom is -0.447 e. The van der Waals surface area contributed by atoms with E-state index in [1.807, 2.05) is 39.0 Å². The molecule has 1 saturated carbocycles. The monoisotopic (exact) mass is 572 g/mol. The van der Waals surface area contributed by atoms with Crippen LogP contribution in [0, 0.1) is 0 Å². The van der Waals surface area contributed by atoms with Crippen molar-refractivity contribution in [2.75, 3.05) is 11.9 Å². The molecule has 10 nitrogen and oxygen atoms in total. The third kappa shape index (κ3) is 7.52. The lowest BCUT2D eigenvalue weighted by molar-refractivity contribution is 0.109. The molecule has 0 bridgehead atoms. The van der Waals surface area contributed by atoms with Gasteiger partial charge >= 0.3 is 6.09 Å².